The Labute approximate surface area is 83.9 Å². The summed E-state index contributed by atoms with van der Waals surface area (Å²) >= 11 is 0. The second kappa shape index (κ2) is 3.79. The maximum atomic E-state index is 10.7. The van der Waals surface area contributed by atoms with E-state index in [-0.39, 0.29) is 16.7 Å². The standard InChI is InChI=1S/C9H6NO5/c10-7(11)4-1-5(8(12)13)3-6(2-4)9(14)15/h1-3,10H,(H,12,13)(H,14,15). The molecule has 0 aliphatic rings. The van der Waals surface area contributed by atoms with Crippen LogP contribution in [0.2, 0.25) is 0 Å². The maximum absolute atomic E-state index is 10.7. The highest BCUT2D eigenvalue weighted by molar-refractivity contribution is 6.00. The summed E-state index contributed by atoms with van der Waals surface area (Å²) in [6.07, 6.45) is 0. The molecule has 0 aliphatic heterocycles. The van der Waals surface area contributed by atoms with Crippen LogP contribution in [-0.2, 0) is 0 Å². The van der Waals surface area contributed by atoms with Gasteiger partial charge in [0.05, 0.1) is 11.1 Å². The first-order chi connectivity index (χ1) is 6.91. The summed E-state index contributed by atoms with van der Waals surface area (Å²) in [5, 5.41) is 17.3. The molecule has 0 spiro atoms. The van der Waals surface area contributed by atoms with Crippen molar-refractivity contribution in [3.63, 3.8) is 0 Å². The highest BCUT2D eigenvalue weighted by Gasteiger charge is 2.13. The van der Waals surface area contributed by atoms with Gasteiger partial charge in [-0.3, -0.25) is 10.5 Å². The van der Waals surface area contributed by atoms with Gasteiger partial charge in [0.25, 0.3) is 5.91 Å². The van der Waals surface area contributed by atoms with Crippen molar-refractivity contribution in [1.82, 2.24) is 5.73 Å². The van der Waals surface area contributed by atoms with Gasteiger partial charge in [0, 0.05) is 5.56 Å². The number of carbonyl (C=O) groups excluding carboxylic acids is 1. The van der Waals surface area contributed by atoms with Crippen LogP contribution in [-0.4, -0.2) is 28.1 Å². The van der Waals surface area contributed by atoms with Gasteiger partial charge < -0.3 is 10.2 Å². The van der Waals surface area contributed by atoms with Gasteiger partial charge in [-0.05, 0) is 18.2 Å². The SMILES string of the molecule is [NH]C(=O)c1cc(C(=O)O)cc(C(=O)O)c1. The number of benzene rings is 1. The van der Waals surface area contributed by atoms with Crippen molar-refractivity contribution in [2.75, 3.05) is 0 Å². The summed E-state index contributed by atoms with van der Waals surface area (Å²) in [6, 6.07) is 2.85. The van der Waals surface area contributed by atoms with Crippen LogP contribution in [0.25, 0.3) is 0 Å². The van der Waals surface area contributed by atoms with E-state index >= 15 is 0 Å². The summed E-state index contributed by atoms with van der Waals surface area (Å²) in [6.45, 7) is 0. The lowest BCUT2D eigenvalue weighted by Gasteiger charge is -2.01. The fraction of sp³-hybridized carbons (Fsp3) is 0. The van der Waals surface area contributed by atoms with Crippen LogP contribution in [0, 0.1) is 0 Å². The van der Waals surface area contributed by atoms with Crippen LogP contribution in [0.3, 0.4) is 0 Å². The van der Waals surface area contributed by atoms with E-state index in [2.05, 4.69) is 0 Å². The number of nitrogens with one attached hydrogen (secondary N) is 1. The number of hydrogen-bond acceptors (Lipinski definition) is 3. The molecule has 77 valence electrons. The van der Waals surface area contributed by atoms with E-state index in [1.165, 1.54) is 0 Å². The Bertz CT molecular complexity index is 373. The van der Waals surface area contributed by atoms with Gasteiger partial charge in [0.15, 0.2) is 0 Å². The molecule has 0 bridgehead atoms. The zero-order chi connectivity index (χ0) is 11.6. The summed E-state index contributed by atoms with van der Waals surface area (Å²) in [5.74, 6) is -3.82. The lowest BCUT2D eigenvalue weighted by molar-refractivity contribution is 0.0696. The number of amides is 1. The molecule has 6 heteroatoms. The molecule has 1 rings (SSSR count). The van der Waals surface area contributed by atoms with Crippen molar-refractivity contribution < 1.29 is 24.6 Å². The van der Waals surface area contributed by atoms with Gasteiger partial charge in [-0.2, -0.15) is 0 Å². The summed E-state index contributed by atoms with van der Waals surface area (Å²) in [7, 11) is 0. The van der Waals surface area contributed by atoms with E-state index in [9.17, 15) is 14.4 Å². The molecule has 15 heavy (non-hydrogen) atoms. The molecule has 0 aliphatic carbocycles. The molecule has 6 nitrogen and oxygen atoms in total. The lowest BCUT2D eigenvalue weighted by atomic mass is 10.1. The van der Waals surface area contributed by atoms with Gasteiger partial charge in [0.1, 0.15) is 0 Å². The summed E-state index contributed by atoms with van der Waals surface area (Å²) in [4.78, 5) is 31.8. The van der Waals surface area contributed by atoms with E-state index in [4.69, 9.17) is 15.9 Å². The third-order valence-corrected chi connectivity index (χ3v) is 1.69. The van der Waals surface area contributed by atoms with E-state index in [0.717, 1.165) is 18.2 Å². The lowest BCUT2D eigenvalue weighted by Crippen LogP contribution is -2.07. The van der Waals surface area contributed by atoms with Crippen LogP contribution >= 0.6 is 0 Å². The molecule has 1 aromatic carbocycles. The molecule has 0 saturated carbocycles. The number of aromatic carboxylic acids is 2. The quantitative estimate of drug-likeness (QED) is 0.750. The molecule has 0 aromatic heterocycles. The van der Waals surface area contributed by atoms with Crippen molar-refractivity contribution in [3.8, 4) is 0 Å². The average molecular weight is 208 g/mol. The third kappa shape index (κ3) is 2.31. The second-order valence-electron chi connectivity index (χ2n) is 2.74. The van der Waals surface area contributed by atoms with Gasteiger partial charge >= 0.3 is 11.9 Å². The molecule has 1 amide bonds. The first kappa shape index (κ1) is 10.7. The predicted octanol–water partition coefficient (Wildman–Crippen LogP) is 0.506. The fourth-order valence-electron chi connectivity index (χ4n) is 1.01. The first-order valence-electron chi connectivity index (χ1n) is 3.79. The molecule has 3 N–H and O–H groups in total. The second-order valence-corrected chi connectivity index (χ2v) is 2.74. The number of hydrogen-bond donors (Lipinski definition) is 2. The van der Waals surface area contributed by atoms with Crippen molar-refractivity contribution in [2.24, 2.45) is 0 Å². The highest BCUT2D eigenvalue weighted by Crippen LogP contribution is 2.10. The zero-order valence-electron chi connectivity index (χ0n) is 7.35. The Morgan fingerprint density at radius 3 is 1.47 bits per heavy atom. The van der Waals surface area contributed by atoms with E-state index in [1.807, 2.05) is 0 Å². The minimum absolute atomic E-state index is 0.257. The smallest absolute Gasteiger partial charge is 0.335 e. The number of carboxylic acids is 2. The van der Waals surface area contributed by atoms with Gasteiger partial charge in [-0.25, -0.2) is 9.59 Å². The Morgan fingerprint density at radius 1 is 0.867 bits per heavy atom. The number of rotatable bonds is 3. The molecule has 0 fully saturated rings. The number of carbonyl (C=O) groups is 3. The van der Waals surface area contributed by atoms with Crippen LogP contribution in [0.5, 0.6) is 0 Å². The van der Waals surface area contributed by atoms with Gasteiger partial charge in [0.2, 0.25) is 0 Å². The van der Waals surface area contributed by atoms with Crippen molar-refractivity contribution in [1.29, 1.82) is 0 Å². The summed E-state index contributed by atoms with van der Waals surface area (Å²) in [5.41, 5.74) is 5.86. The van der Waals surface area contributed by atoms with E-state index in [0.29, 0.717) is 0 Å². The van der Waals surface area contributed by atoms with Crippen molar-refractivity contribution >= 4 is 17.8 Å². The Hall–Kier alpha value is -2.37. The Morgan fingerprint density at radius 2 is 1.20 bits per heavy atom. The molecule has 1 radical (unpaired) electrons. The van der Waals surface area contributed by atoms with Crippen molar-refractivity contribution in [2.45, 2.75) is 0 Å². The third-order valence-electron chi connectivity index (χ3n) is 1.69. The highest BCUT2D eigenvalue weighted by atomic mass is 16.4. The molecular weight excluding hydrogens is 202 g/mol. The molecular formula is C9H6NO5. The van der Waals surface area contributed by atoms with Crippen LogP contribution < -0.4 is 5.73 Å². The monoisotopic (exact) mass is 208 g/mol. The first-order valence-corrected chi connectivity index (χ1v) is 3.79. The largest absolute Gasteiger partial charge is 0.478 e. The van der Waals surface area contributed by atoms with Crippen LogP contribution in [0.1, 0.15) is 31.1 Å². The average Bonchev–Trinajstić information content (AvgIpc) is 2.16. The van der Waals surface area contributed by atoms with E-state index in [1.54, 1.807) is 0 Å². The van der Waals surface area contributed by atoms with Crippen molar-refractivity contribution in [3.05, 3.63) is 34.9 Å². The maximum Gasteiger partial charge on any atom is 0.335 e. The minimum Gasteiger partial charge on any atom is -0.478 e. The minimum atomic E-state index is -1.35. The Balaban J connectivity index is 3.39. The molecule has 0 unspecified atom stereocenters. The topological polar surface area (TPSA) is 115 Å². The van der Waals surface area contributed by atoms with Crippen LogP contribution in [0.4, 0.5) is 0 Å². The number of carboxylic acid groups (broad SMARTS) is 2. The predicted molar refractivity (Wildman–Crippen MR) is 47.8 cm³/mol. The van der Waals surface area contributed by atoms with Gasteiger partial charge in [-0.1, -0.05) is 0 Å². The zero-order valence-corrected chi connectivity index (χ0v) is 7.35. The molecule has 0 heterocycles. The van der Waals surface area contributed by atoms with Gasteiger partial charge in [-0.15, -0.1) is 0 Å². The fourth-order valence-corrected chi connectivity index (χ4v) is 1.01. The van der Waals surface area contributed by atoms with E-state index < -0.39 is 17.8 Å². The molecule has 0 atom stereocenters. The molecule has 0 saturated heterocycles. The Kier molecular flexibility index (Phi) is 2.70. The molecule has 1 aromatic rings. The summed E-state index contributed by atoms with van der Waals surface area (Å²) < 4.78 is 0. The normalized spacial score (nSPS) is 9.60. The van der Waals surface area contributed by atoms with Crippen LogP contribution in [0.15, 0.2) is 18.2 Å².